The maximum Gasteiger partial charge on any atom is 0.308 e. The highest BCUT2D eigenvalue weighted by atomic mass is 79.9. The molecule has 2 N–H and O–H groups in total. The van der Waals surface area contributed by atoms with Gasteiger partial charge in [-0.3, -0.25) is 9.59 Å². The molecule has 1 aromatic carbocycles. The van der Waals surface area contributed by atoms with E-state index in [1.165, 1.54) is 18.2 Å². The van der Waals surface area contributed by atoms with Gasteiger partial charge in [-0.1, -0.05) is 13.8 Å². The quantitative estimate of drug-likeness (QED) is 0.715. The highest BCUT2D eigenvalue weighted by Gasteiger charge is 2.22. The molecule has 23 heavy (non-hydrogen) atoms. The van der Waals surface area contributed by atoms with Gasteiger partial charge in [0.15, 0.2) is 6.10 Å². The van der Waals surface area contributed by atoms with Crippen molar-refractivity contribution in [2.45, 2.75) is 33.3 Å². The number of ether oxygens (including phenoxy) is 1. The van der Waals surface area contributed by atoms with Crippen LogP contribution in [-0.4, -0.2) is 29.6 Å². The van der Waals surface area contributed by atoms with Crippen LogP contribution in [0.25, 0.3) is 0 Å². The number of hydrogen-bond donors (Lipinski definition) is 2. The molecule has 2 atom stereocenters. The van der Waals surface area contributed by atoms with Crippen LogP contribution in [0.1, 0.15) is 27.2 Å². The first kappa shape index (κ1) is 19.4. The Morgan fingerprint density at radius 2 is 2.00 bits per heavy atom. The van der Waals surface area contributed by atoms with Gasteiger partial charge < -0.3 is 15.2 Å². The van der Waals surface area contributed by atoms with Gasteiger partial charge in [0.1, 0.15) is 11.6 Å². The molecule has 5 nitrogen and oxygen atoms in total. The summed E-state index contributed by atoms with van der Waals surface area (Å²) in [4.78, 5) is 23.2. The van der Waals surface area contributed by atoms with E-state index in [2.05, 4.69) is 21.2 Å². The van der Waals surface area contributed by atoms with Crippen molar-refractivity contribution in [3.05, 3.63) is 28.5 Å². The zero-order chi connectivity index (χ0) is 17.6. The Labute approximate surface area is 143 Å². The van der Waals surface area contributed by atoms with Gasteiger partial charge in [-0.25, -0.2) is 4.39 Å². The van der Waals surface area contributed by atoms with Crippen molar-refractivity contribution in [2.24, 2.45) is 11.8 Å². The summed E-state index contributed by atoms with van der Waals surface area (Å²) in [5, 5.41) is 11.7. The average Bonchev–Trinajstić information content (AvgIpc) is 2.45. The molecule has 0 spiro atoms. The maximum atomic E-state index is 13.0. The lowest BCUT2D eigenvalue weighted by molar-refractivity contribution is -0.142. The lowest BCUT2D eigenvalue weighted by Crippen LogP contribution is -2.40. The predicted octanol–water partition coefficient (Wildman–Crippen LogP) is 3.22. The first-order valence-electron chi connectivity index (χ1n) is 7.33. The summed E-state index contributed by atoms with van der Waals surface area (Å²) in [5.74, 6) is -1.85. The third-order valence-electron chi connectivity index (χ3n) is 3.19. The monoisotopic (exact) mass is 389 g/mol. The van der Waals surface area contributed by atoms with Crippen LogP contribution in [0.4, 0.5) is 4.39 Å². The second kappa shape index (κ2) is 8.86. The molecule has 0 bridgehead atoms. The van der Waals surface area contributed by atoms with E-state index >= 15 is 0 Å². The lowest BCUT2D eigenvalue weighted by atomic mass is 9.97. The Balaban J connectivity index is 2.57. The molecule has 0 heterocycles. The topological polar surface area (TPSA) is 75.6 Å². The molecule has 0 aliphatic carbocycles. The molecule has 7 heteroatoms. The summed E-state index contributed by atoms with van der Waals surface area (Å²) in [5.41, 5.74) is 0. The van der Waals surface area contributed by atoms with Gasteiger partial charge >= 0.3 is 5.97 Å². The first-order chi connectivity index (χ1) is 10.7. The Morgan fingerprint density at radius 3 is 2.52 bits per heavy atom. The smallest absolute Gasteiger partial charge is 0.308 e. The van der Waals surface area contributed by atoms with Crippen molar-refractivity contribution >= 4 is 27.8 Å². The number of aliphatic carboxylic acids is 1. The van der Waals surface area contributed by atoms with E-state index in [0.717, 1.165) is 0 Å². The van der Waals surface area contributed by atoms with Gasteiger partial charge in [-0.05, 0) is 53.4 Å². The Kier molecular flexibility index (Phi) is 7.48. The second-order valence-corrected chi connectivity index (χ2v) is 6.60. The van der Waals surface area contributed by atoms with Crippen molar-refractivity contribution < 1.29 is 23.8 Å². The number of rotatable bonds is 8. The zero-order valence-corrected chi connectivity index (χ0v) is 14.9. The molecule has 0 fully saturated rings. The number of benzene rings is 1. The Bertz CT molecular complexity index is 565. The average molecular weight is 390 g/mol. The van der Waals surface area contributed by atoms with Gasteiger partial charge in [-0.2, -0.15) is 0 Å². The second-order valence-electron chi connectivity index (χ2n) is 5.74. The number of carboxylic acid groups (broad SMARTS) is 1. The molecule has 0 saturated carbocycles. The van der Waals surface area contributed by atoms with E-state index in [9.17, 15) is 14.0 Å². The fraction of sp³-hybridized carbons (Fsp3) is 0.500. The SMILES string of the molecule is CC(C)CC(CNC(=O)C(C)Oc1ccc(F)cc1Br)C(=O)O. The third-order valence-corrected chi connectivity index (χ3v) is 3.81. The predicted molar refractivity (Wildman–Crippen MR) is 87.8 cm³/mol. The maximum absolute atomic E-state index is 13.0. The van der Waals surface area contributed by atoms with Crippen LogP contribution in [0.15, 0.2) is 22.7 Å². The summed E-state index contributed by atoms with van der Waals surface area (Å²) in [6.45, 7) is 5.44. The Morgan fingerprint density at radius 1 is 1.35 bits per heavy atom. The molecular weight excluding hydrogens is 369 g/mol. The van der Waals surface area contributed by atoms with E-state index in [1.807, 2.05) is 13.8 Å². The van der Waals surface area contributed by atoms with E-state index in [-0.39, 0.29) is 12.5 Å². The lowest BCUT2D eigenvalue weighted by Gasteiger charge is -2.19. The molecule has 2 unspecified atom stereocenters. The van der Waals surface area contributed by atoms with Crippen LogP contribution in [0.3, 0.4) is 0 Å². The molecule has 1 aromatic rings. The molecule has 1 amide bonds. The van der Waals surface area contributed by atoms with E-state index in [4.69, 9.17) is 9.84 Å². The van der Waals surface area contributed by atoms with Crippen LogP contribution in [0.5, 0.6) is 5.75 Å². The molecular formula is C16H21BrFNO4. The zero-order valence-electron chi connectivity index (χ0n) is 13.3. The van der Waals surface area contributed by atoms with Crippen LogP contribution < -0.4 is 10.1 Å². The first-order valence-corrected chi connectivity index (χ1v) is 8.12. The number of carbonyl (C=O) groups excluding carboxylic acids is 1. The summed E-state index contributed by atoms with van der Waals surface area (Å²) < 4.78 is 18.9. The summed E-state index contributed by atoms with van der Waals surface area (Å²) in [6.07, 6.45) is -0.348. The summed E-state index contributed by atoms with van der Waals surface area (Å²) in [6, 6.07) is 3.89. The number of nitrogens with one attached hydrogen (secondary N) is 1. The van der Waals surface area contributed by atoms with E-state index < -0.39 is 29.7 Å². The summed E-state index contributed by atoms with van der Waals surface area (Å²) >= 11 is 3.16. The van der Waals surface area contributed by atoms with E-state index in [1.54, 1.807) is 6.92 Å². The third kappa shape index (κ3) is 6.56. The molecule has 0 saturated heterocycles. The summed E-state index contributed by atoms with van der Waals surface area (Å²) in [7, 11) is 0. The number of hydrogen-bond acceptors (Lipinski definition) is 3. The van der Waals surface area contributed by atoms with Gasteiger partial charge in [0.2, 0.25) is 0 Å². The molecule has 0 aliphatic rings. The molecule has 0 radical (unpaired) electrons. The number of carbonyl (C=O) groups is 2. The highest BCUT2D eigenvalue weighted by molar-refractivity contribution is 9.10. The van der Waals surface area contributed by atoms with Crippen LogP contribution in [0.2, 0.25) is 0 Å². The van der Waals surface area contributed by atoms with Crippen molar-refractivity contribution in [2.75, 3.05) is 6.54 Å². The van der Waals surface area contributed by atoms with Crippen molar-refractivity contribution in [3.8, 4) is 5.75 Å². The standard InChI is InChI=1S/C16H21BrFNO4/c1-9(2)6-11(16(21)22)8-19-15(20)10(3)23-14-5-4-12(18)7-13(14)17/h4-5,7,9-11H,6,8H2,1-3H3,(H,19,20)(H,21,22). The molecule has 0 aromatic heterocycles. The van der Waals surface area contributed by atoms with Gasteiger partial charge in [0, 0.05) is 6.54 Å². The van der Waals surface area contributed by atoms with Crippen molar-refractivity contribution in [1.29, 1.82) is 0 Å². The largest absolute Gasteiger partial charge is 0.481 e. The Hall–Kier alpha value is -1.63. The molecule has 128 valence electrons. The van der Waals surface area contributed by atoms with Gasteiger partial charge in [0.25, 0.3) is 5.91 Å². The van der Waals surface area contributed by atoms with Crippen LogP contribution in [0, 0.1) is 17.7 Å². The van der Waals surface area contributed by atoms with E-state index in [0.29, 0.717) is 16.6 Å². The minimum Gasteiger partial charge on any atom is -0.481 e. The van der Waals surface area contributed by atoms with Crippen molar-refractivity contribution in [3.63, 3.8) is 0 Å². The number of halogens is 2. The molecule has 0 aliphatic heterocycles. The van der Waals surface area contributed by atoms with Gasteiger partial charge in [0.05, 0.1) is 10.4 Å². The van der Waals surface area contributed by atoms with Crippen molar-refractivity contribution in [1.82, 2.24) is 5.32 Å². The molecule has 1 rings (SSSR count). The minimum absolute atomic E-state index is 0.0463. The fourth-order valence-corrected chi connectivity index (χ4v) is 2.47. The normalized spacial score (nSPS) is 13.5. The fourth-order valence-electron chi connectivity index (χ4n) is 2.02. The van der Waals surface area contributed by atoms with Gasteiger partial charge in [-0.15, -0.1) is 0 Å². The number of amides is 1. The minimum atomic E-state index is -0.936. The van der Waals surface area contributed by atoms with Crippen LogP contribution in [-0.2, 0) is 9.59 Å². The number of carboxylic acids is 1. The van der Waals surface area contributed by atoms with Crippen LogP contribution >= 0.6 is 15.9 Å². The highest BCUT2D eigenvalue weighted by Crippen LogP contribution is 2.26.